The highest BCUT2D eigenvalue weighted by atomic mass is 31.2. The van der Waals surface area contributed by atoms with E-state index in [1.54, 1.807) is 30.4 Å². The van der Waals surface area contributed by atoms with E-state index in [1.807, 2.05) is 67.7 Å². The number of phosphoric ester groups is 1. The molecule has 0 aliphatic rings. The monoisotopic (exact) mass is 824 g/mol. The van der Waals surface area contributed by atoms with Crippen molar-refractivity contribution in [2.75, 3.05) is 13.2 Å². The molecule has 0 unspecified atom stereocenters. The number of phosphoric acid groups is 1. The van der Waals surface area contributed by atoms with Crippen molar-refractivity contribution >= 4 is 19.8 Å². The summed E-state index contributed by atoms with van der Waals surface area (Å²) < 4.78 is 26.2. The van der Waals surface area contributed by atoms with Crippen LogP contribution >= 0.6 is 7.82 Å². The van der Waals surface area contributed by atoms with Gasteiger partial charge in [-0.05, 0) is 77.0 Å². The molecule has 3 atom stereocenters. The highest BCUT2D eigenvalue weighted by Gasteiger charge is 2.22. The molecular formula is C47H69O10P. The molecule has 4 N–H and O–H groups in total. The molecule has 0 spiro atoms. The molecule has 0 fully saturated rings. The maximum absolute atomic E-state index is 12.4. The number of aliphatic hydroxyl groups is 2. The van der Waals surface area contributed by atoms with Gasteiger partial charge in [0.2, 0.25) is 0 Å². The Bertz CT molecular complexity index is 1470. The third-order valence-corrected chi connectivity index (χ3v) is 8.03. The van der Waals surface area contributed by atoms with Crippen LogP contribution in [0, 0.1) is 0 Å². The Hall–Kier alpha value is -4.15. The summed E-state index contributed by atoms with van der Waals surface area (Å²) in [5.74, 6) is -1.19. The number of carbonyl (C=O) groups excluding carboxylic acids is 2. The molecule has 0 amide bonds. The lowest BCUT2D eigenvalue weighted by atomic mass is 10.2. The third kappa shape index (κ3) is 41.5. The zero-order valence-corrected chi connectivity index (χ0v) is 35.5. The van der Waals surface area contributed by atoms with Gasteiger partial charge in [-0.2, -0.15) is 0 Å². The van der Waals surface area contributed by atoms with E-state index >= 15 is 0 Å². The standard InChI is InChI=1S/C47H69O10P/c1-3-5-7-8-9-10-11-12-13-14-15-16-17-18-19-20-24-27-33-40-47(51)57-45(42-56-58(52,53)54)41-55-46(50)39-34-28-32-38-44(49)37-31-26-23-21-22-25-30-36-43(48)35-29-6-4-2/h5-7,9-10,12-13,15-16,18-19,22-27,29-32,36-38,43-45,48-49H,3-4,8,11,14,17,20-21,28,33-35,39-42H2,1-2H3,(H2,52,53,54)/b7-5-,10-9-,13-12-,16-15-,19-18-,25-22-,26-23-,27-24-,29-6-,36-30+,37-31+,38-32-/t43-,44-,45-/m1/s1. The summed E-state index contributed by atoms with van der Waals surface area (Å²) in [6, 6.07) is 0. The predicted octanol–water partition coefficient (Wildman–Crippen LogP) is 10.4. The van der Waals surface area contributed by atoms with Crippen molar-refractivity contribution in [2.24, 2.45) is 0 Å². The Kier molecular flexibility index (Phi) is 36.8. The molecule has 0 radical (unpaired) electrons. The average molecular weight is 825 g/mol. The van der Waals surface area contributed by atoms with Gasteiger partial charge >= 0.3 is 19.8 Å². The van der Waals surface area contributed by atoms with E-state index in [-0.39, 0.29) is 12.8 Å². The minimum absolute atomic E-state index is 0.0333. The van der Waals surface area contributed by atoms with Gasteiger partial charge in [-0.3, -0.25) is 14.1 Å². The van der Waals surface area contributed by atoms with Gasteiger partial charge in [0.15, 0.2) is 6.10 Å². The van der Waals surface area contributed by atoms with E-state index in [9.17, 15) is 24.4 Å². The summed E-state index contributed by atoms with van der Waals surface area (Å²) in [5.41, 5.74) is 0. The van der Waals surface area contributed by atoms with Crippen LogP contribution in [0.5, 0.6) is 0 Å². The van der Waals surface area contributed by atoms with Crippen molar-refractivity contribution in [3.05, 3.63) is 146 Å². The molecule has 0 rings (SSSR count). The smallest absolute Gasteiger partial charge is 0.462 e. The predicted molar refractivity (Wildman–Crippen MR) is 237 cm³/mol. The van der Waals surface area contributed by atoms with Gasteiger partial charge in [-0.1, -0.05) is 160 Å². The largest absolute Gasteiger partial charge is 0.469 e. The maximum Gasteiger partial charge on any atom is 0.469 e. The Balaban J connectivity index is 4.35. The zero-order valence-electron chi connectivity index (χ0n) is 34.6. The van der Waals surface area contributed by atoms with Crippen molar-refractivity contribution in [2.45, 2.75) is 122 Å². The second-order valence-electron chi connectivity index (χ2n) is 12.9. The number of rotatable bonds is 34. The lowest BCUT2D eigenvalue weighted by molar-refractivity contribution is -0.161. The average Bonchev–Trinajstić information content (AvgIpc) is 3.18. The quantitative estimate of drug-likeness (QED) is 0.0162. The molecule has 0 aromatic heterocycles. The van der Waals surface area contributed by atoms with E-state index in [1.165, 1.54) is 0 Å². The Labute approximate surface area is 348 Å². The van der Waals surface area contributed by atoms with Crippen LogP contribution in [0.3, 0.4) is 0 Å². The second kappa shape index (κ2) is 39.7. The number of hydrogen-bond donors (Lipinski definition) is 4. The van der Waals surface area contributed by atoms with Gasteiger partial charge in [-0.15, -0.1) is 0 Å². The van der Waals surface area contributed by atoms with Crippen LogP contribution < -0.4 is 0 Å². The van der Waals surface area contributed by atoms with Gasteiger partial charge in [-0.25, -0.2) is 4.57 Å². The van der Waals surface area contributed by atoms with Gasteiger partial charge in [0.25, 0.3) is 0 Å². The Morgan fingerprint density at radius 1 is 0.552 bits per heavy atom. The van der Waals surface area contributed by atoms with E-state index in [0.29, 0.717) is 38.5 Å². The number of carbonyl (C=O) groups is 2. The third-order valence-electron chi connectivity index (χ3n) is 7.54. The molecule has 0 saturated heterocycles. The zero-order chi connectivity index (χ0) is 42.8. The number of hydrogen-bond acceptors (Lipinski definition) is 8. The van der Waals surface area contributed by atoms with Crippen molar-refractivity contribution in [1.82, 2.24) is 0 Å². The van der Waals surface area contributed by atoms with Crippen molar-refractivity contribution in [3.63, 3.8) is 0 Å². The Morgan fingerprint density at radius 3 is 1.64 bits per heavy atom. The van der Waals surface area contributed by atoms with Crippen molar-refractivity contribution < 1.29 is 48.2 Å². The highest BCUT2D eigenvalue weighted by Crippen LogP contribution is 2.35. The second-order valence-corrected chi connectivity index (χ2v) is 14.1. The molecule has 0 heterocycles. The van der Waals surface area contributed by atoms with Gasteiger partial charge in [0.1, 0.15) is 6.61 Å². The lowest BCUT2D eigenvalue weighted by Crippen LogP contribution is -2.29. The molecule has 58 heavy (non-hydrogen) atoms. The summed E-state index contributed by atoms with van der Waals surface area (Å²) in [6.07, 6.45) is 53.7. The summed E-state index contributed by atoms with van der Waals surface area (Å²) in [6.45, 7) is 3.13. The first-order valence-corrected chi connectivity index (χ1v) is 21.9. The SMILES string of the molecule is CC/C=C\C/C=C\C/C=C\C/C=C\C/C=C\C/C=C\CCC(=O)O[C@H](COC(=O)CCC/C=C\[C@H](O)/C=C/C=C\C/C=C\C=C\[C@H](O)C/C=C\CC)COP(=O)(O)O. The minimum atomic E-state index is -4.84. The molecule has 0 aromatic rings. The molecule has 10 nitrogen and oxygen atoms in total. The number of aliphatic hydroxyl groups excluding tert-OH is 2. The minimum Gasteiger partial charge on any atom is -0.462 e. The maximum atomic E-state index is 12.4. The number of esters is 2. The number of allylic oxidation sites excluding steroid dienone is 20. The Morgan fingerprint density at radius 2 is 1.07 bits per heavy atom. The highest BCUT2D eigenvalue weighted by molar-refractivity contribution is 7.46. The molecule has 11 heteroatoms. The van der Waals surface area contributed by atoms with Gasteiger partial charge < -0.3 is 29.5 Å². The molecule has 322 valence electrons. The first kappa shape index (κ1) is 53.9. The van der Waals surface area contributed by atoms with Crippen molar-refractivity contribution in [3.8, 4) is 0 Å². The fourth-order valence-electron chi connectivity index (χ4n) is 4.55. The molecule has 0 aromatic carbocycles. The molecule has 0 aliphatic carbocycles. The molecule has 0 bridgehead atoms. The normalized spacial score (nSPS) is 15.1. The topological polar surface area (TPSA) is 160 Å². The van der Waals surface area contributed by atoms with Crippen LogP contribution in [0.25, 0.3) is 0 Å². The molecular weight excluding hydrogens is 755 g/mol. The summed E-state index contributed by atoms with van der Waals surface area (Å²) in [4.78, 5) is 42.8. The van der Waals surface area contributed by atoms with E-state index < -0.39 is 51.3 Å². The summed E-state index contributed by atoms with van der Waals surface area (Å²) >= 11 is 0. The number of ether oxygens (including phenoxy) is 2. The van der Waals surface area contributed by atoms with E-state index in [0.717, 1.165) is 38.5 Å². The van der Waals surface area contributed by atoms with E-state index in [4.69, 9.17) is 19.3 Å². The van der Waals surface area contributed by atoms with Gasteiger partial charge in [0, 0.05) is 12.8 Å². The van der Waals surface area contributed by atoms with Gasteiger partial charge in [0.05, 0.1) is 18.8 Å². The van der Waals surface area contributed by atoms with E-state index in [2.05, 4.69) is 66.1 Å². The first-order valence-electron chi connectivity index (χ1n) is 20.4. The van der Waals surface area contributed by atoms with Crippen LogP contribution in [0.4, 0.5) is 0 Å². The summed E-state index contributed by atoms with van der Waals surface area (Å²) in [5, 5.41) is 19.9. The first-order chi connectivity index (χ1) is 28.1. The van der Waals surface area contributed by atoms with Crippen LogP contribution in [0.15, 0.2) is 146 Å². The molecule has 0 aliphatic heterocycles. The fourth-order valence-corrected chi connectivity index (χ4v) is 4.91. The number of unbranched alkanes of at least 4 members (excludes halogenated alkanes) is 1. The van der Waals surface area contributed by atoms with Crippen molar-refractivity contribution in [1.29, 1.82) is 0 Å². The van der Waals surface area contributed by atoms with Crippen LogP contribution in [-0.2, 0) is 28.2 Å². The van der Waals surface area contributed by atoms with Crippen LogP contribution in [0.2, 0.25) is 0 Å². The van der Waals surface area contributed by atoms with Crippen LogP contribution in [-0.4, -0.2) is 63.5 Å². The lowest BCUT2D eigenvalue weighted by Gasteiger charge is -2.18. The fraction of sp³-hybridized carbons (Fsp3) is 0.447. The summed E-state index contributed by atoms with van der Waals surface area (Å²) in [7, 11) is -4.84. The van der Waals surface area contributed by atoms with Crippen LogP contribution in [0.1, 0.15) is 104 Å². The molecule has 0 saturated carbocycles.